The SMILES string of the molecule is CCOc1ccc2nc(N(CCCN(C)C)C(=O)c3ccc4c(c3)OCCO4)sc2c1. The highest BCUT2D eigenvalue weighted by Gasteiger charge is 2.23. The Hall–Kier alpha value is -2.84. The molecule has 0 N–H and O–H groups in total. The zero-order valence-corrected chi connectivity index (χ0v) is 18.9. The number of carbonyl (C=O) groups is 1. The van der Waals surface area contributed by atoms with E-state index in [4.69, 9.17) is 19.2 Å². The van der Waals surface area contributed by atoms with Gasteiger partial charge in [-0.05, 0) is 70.4 Å². The van der Waals surface area contributed by atoms with Crippen LogP contribution in [0.15, 0.2) is 36.4 Å². The van der Waals surface area contributed by atoms with Gasteiger partial charge in [0.25, 0.3) is 5.91 Å². The molecule has 0 aliphatic carbocycles. The number of carbonyl (C=O) groups excluding carboxylic acids is 1. The first-order valence-electron chi connectivity index (χ1n) is 10.4. The Morgan fingerprint density at radius 3 is 2.68 bits per heavy atom. The van der Waals surface area contributed by atoms with Crippen LogP contribution in [0.25, 0.3) is 10.2 Å². The molecule has 0 saturated carbocycles. The summed E-state index contributed by atoms with van der Waals surface area (Å²) in [5, 5.41) is 0.683. The number of ether oxygens (including phenoxy) is 3. The standard InChI is InChI=1S/C23H27N3O4S/c1-4-28-17-7-8-18-21(15-17)31-23(24-18)26(11-5-10-25(2)3)22(27)16-6-9-19-20(14-16)30-13-12-29-19/h6-9,14-15H,4-5,10-13H2,1-3H3. The number of aromatic nitrogens is 1. The van der Waals surface area contributed by atoms with E-state index in [0.29, 0.717) is 48.6 Å². The Morgan fingerprint density at radius 2 is 1.90 bits per heavy atom. The average Bonchev–Trinajstić information content (AvgIpc) is 3.19. The summed E-state index contributed by atoms with van der Waals surface area (Å²) < 4.78 is 17.9. The number of anilines is 1. The summed E-state index contributed by atoms with van der Waals surface area (Å²) in [4.78, 5) is 22.1. The molecule has 0 unspecified atom stereocenters. The molecule has 4 rings (SSSR count). The molecule has 3 aromatic rings. The Bertz CT molecular complexity index is 1070. The predicted molar refractivity (Wildman–Crippen MR) is 123 cm³/mol. The smallest absolute Gasteiger partial charge is 0.260 e. The summed E-state index contributed by atoms with van der Waals surface area (Å²) in [7, 11) is 4.06. The molecule has 0 bridgehead atoms. The first-order valence-corrected chi connectivity index (χ1v) is 11.3. The molecule has 0 saturated heterocycles. The minimum Gasteiger partial charge on any atom is -0.494 e. The number of fused-ring (bicyclic) bond motifs is 2. The van der Waals surface area contributed by atoms with Gasteiger partial charge >= 0.3 is 0 Å². The molecule has 8 heteroatoms. The van der Waals surface area contributed by atoms with Gasteiger partial charge in [0, 0.05) is 12.1 Å². The molecule has 164 valence electrons. The van der Waals surface area contributed by atoms with Crippen LogP contribution >= 0.6 is 11.3 Å². The molecule has 31 heavy (non-hydrogen) atoms. The summed E-state index contributed by atoms with van der Waals surface area (Å²) in [6.45, 7) is 5.02. The minimum atomic E-state index is -0.0974. The fourth-order valence-corrected chi connectivity index (χ4v) is 4.44. The van der Waals surface area contributed by atoms with Crippen molar-refractivity contribution >= 4 is 32.6 Å². The van der Waals surface area contributed by atoms with Crippen LogP contribution in [0.3, 0.4) is 0 Å². The lowest BCUT2D eigenvalue weighted by Crippen LogP contribution is -2.33. The molecule has 1 aromatic heterocycles. The topological polar surface area (TPSA) is 64.1 Å². The van der Waals surface area contributed by atoms with E-state index in [2.05, 4.69) is 4.90 Å². The van der Waals surface area contributed by atoms with E-state index in [0.717, 1.165) is 28.9 Å². The number of amides is 1. The zero-order chi connectivity index (χ0) is 21.8. The number of hydrogen-bond donors (Lipinski definition) is 0. The quantitative estimate of drug-likeness (QED) is 0.525. The summed E-state index contributed by atoms with van der Waals surface area (Å²) in [5.74, 6) is 1.99. The monoisotopic (exact) mass is 441 g/mol. The normalized spacial score (nSPS) is 12.9. The van der Waals surface area contributed by atoms with Gasteiger partial charge in [0.15, 0.2) is 16.6 Å². The maximum Gasteiger partial charge on any atom is 0.260 e. The van der Waals surface area contributed by atoms with Crippen LogP contribution < -0.4 is 19.1 Å². The third kappa shape index (κ3) is 4.91. The second-order valence-electron chi connectivity index (χ2n) is 7.53. The van der Waals surface area contributed by atoms with Gasteiger partial charge in [-0.15, -0.1) is 0 Å². The van der Waals surface area contributed by atoms with Gasteiger partial charge in [0.05, 0.1) is 16.8 Å². The summed E-state index contributed by atoms with van der Waals surface area (Å²) in [6, 6.07) is 11.2. The Kier molecular flexibility index (Phi) is 6.58. The molecule has 2 heterocycles. The Balaban J connectivity index is 1.65. The van der Waals surface area contributed by atoms with Gasteiger partial charge in [-0.25, -0.2) is 4.98 Å². The molecule has 1 aliphatic heterocycles. The van der Waals surface area contributed by atoms with Gasteiger partial charge in [-0.2, -0.15) is 0 Å². The molecule has 7 nitrogen and oxygen atoms in total. The second kappa shape index (κ2) is 9.53. The van der Waals surface area contributed by atoms with Crippen molar-refractivity contribution in [3.8, 4) is 17.2 Å². The van der Waals surface area contributed by atoms with Crippen LogP contribution in [-0.2, 0) is 0 Å². The molecule has 0 atom stereocenters. The van der Waals surface area contributed by atoms with Crippen molar-refractivity contribution in [3.63, 3.8) is 0 Å². The third-order valence-electron chi connectivity index (χ3n) is 4.91. The van der Waals surface area contributed by atoms with Crippen LogP contribution in [0.4, 0.5) is 5.13 Å². The van der Waals surface area contributed by atoms with Crippen LogP contribution in [0.1, 0.15) is 23.7 Å². The van der Waals surface area contributed by atoms with E-state index < -0.39 is 0 Å². The number of hydrogen-bond acceptors (Lipinski definition) is 7. The fraction of sp³-hybridized carbons (Fsp3) is 0.391. The lowest BCUT2D eigenvalue weighted by molar-refractivity contribution is 0.0984. The second-order valence-corrected chi connectivity index (χ2v) is 8.54. The van der Waals surface area contributed by atoms with E-state index >= 15 is 0 Å². The highest BCUT2D eigenvalue weighted by atomic mass is 32.1. The largest absolute Gasteiger partial charge is 0.494 e. The average molecular weight is 442 g/mol. The molecule has 0 fully saturated rings. The van der Waals surface area contributed by atoms with Crippen molar-refractivity contribution in [2.24, 2.45) is 0 Å². The van der Waals surface area contributed by atoms with E-state index in [9.17, 15) is 4.79 Å². The number of nitrogens with zero attached hydrogens (tertiary/aromatic N) is 3. The number of benzene rings is 2. The Morgan fingerprint density at radius 1 is 1.10 bits per heavy atom. The molecule has 0 radical (unpaired) electrons. The van der Waals surface area contributed by atoms with Crippen LogP contribution in [0.2, 0.25) is 0 Å². The maximum absolute atomic E-state index is 13.5. The van der Waals surface area contributed by atoms with Crippen LogP contribution in [0, 0.1) is 0 Å². The summed E-state index contributed by atoms with van der Waals surface area (Å²) in [5.41, 5.74) is 1.42. The summed E-state index contributed by atoms with van der Waals surface area (Å²) in [6.07, 6.45) is 0.837. The zero-order valence-electron chi connectivity index (χ0n) is 18.1. The van der Waals surface area contributed by atoms with Gasteiger partial charge in [0.1, 0.15) is 19.0 Å². The maximum atomic E-state index is 13.5. The molecular formula is C23H27N3O4S. The third-order valence-corrected chi connectivity index (χ3v) is 5.95. The van der Waals surface area contributed by atoms with E-state index in [-0.39, 0.29) is 5.91 Å². The van der Waals surface area contributed by atoms with Crippen molar-refractivity contribution in [1.29, 1.82) is 0 Å². The van der Waals surface area contributed by atoms with Gasteiger partial charge in [-0.3, -0.25) is 9.69 Å². The van der Waals surface area contributed by atoms with Crippen molar-refractivity contribution in [2.45, 2.75) is 13.3 Å². The van der Waals surface area contributed by atoms with Crippen LogP contribution in [0.5, 0.6) is 17.2 Å². The minimum absolute atomic E-state index is 0.0974. The van der Waals surface area contributed by atoms with Crippen molar-refractivity contribution in [3.05, 3.63) is 42.0 Å². The van der Waals surface area contributed by atoms with E-state index in [1.807, 2.05) is 39.2 Å². The van der Waals surface area contributed by atoms with Gasteiger partial charge in [-0.1, -0.05) is 11.3 Å². The first-order chi connectivity index (χ1) is 15.0. The van der Waals surface area contributed by atoms with Crippen molar-refractivity contribution in [1.82, 2.24) is 9.88 Å². The fourth-order valence-electron chi connectivity index (χ4n) is 3.43. The number of rotatable bonds is 8. The number of thiazole rings is 1. The molecule has 1 aliphatic rings. The van der Waals surface area contributed by atoms with Gasteiger partial charge in [0.2, 0.25) is 0 Å². The Labute approximate surface area is 186 Å². The van der Waals surface area contributed by atoms with E-state index in [1.54, 1.807) is 23.1 Å². The summed E-state index contributed by atoms with van der Waals surface area (Å²) >= 11 is 1.50. The lowest BCUT2D eigenvalue weighted by atomic mass is 10.1. The molecule has 2 aromatic carbocycles. The van der Waals surface area contributed by atoms with Crippen molar-refractivity contribution < 1.29 is 19.0 Å². The van der Waals surface area contributed by atoms with Crippen molar-refractivity contribution in [2.75, 3.05) is 51.9 Å². The van der Waals surface area contributed by atoms with Gasteiger partial charge < -0.3 is 19.1 Å². The lowest BCUT2D eigenvalue weighted by Gasteiger charge is -2.23. The highest BCUT2D eigenvalue weighted by molar-refractivity contribution is 7.22. The highest BCUT2D eigenvalue weighted by Crippen LogP contribution is 2.34. The van der Waals surface area contributed by atoms with E-state index in [1.165, 1.54) is 11.3 Å². The molecule has 1 amide bonds. The first kappa shape index (κ1) is 21.4. The predicted octanol–water partition coefficient (Wildman–Crippen LogP) is 4.06. The molecule has 0 spiro atoms. The molecular weight excluding hydrogens is 414 g/mol. The van der Waals surface area contributed by atoms with Crippen LogP contribution in [-0.4, -0.2) is 62.8 Å².